The lowest BCUT2D eigenvalue weighted by Crippen LogP contribution is -2.32. The summed E-state index contributed by atoms with van der Waals surface area (Å²) in [7, 11) is 0. The molecule has 22 heavy (non-hydrogen) atoms. The molecule has 0 aromatic heterocycles. The molecular formula is C18H20FNO2. The maximum absolute atomic E-state index is 12.9. The largest absolute Gasteiger partial charge is 0.481 e. The molecule has 0 aliphatic carbocycles. The number of carbonyl (C=O) groups is 1. The number of nitrogens with one attached hydrogen (secondary N) is 1. The van der Waals surface area contributed by atoms with Crippen LogP contribution in [-0.4, -0.2) is 12.0 Å². The number of benzene rings is 2. The summed E-state index contributed by atoms with van der Waals surface area (Å²) in [4.78, 5) is 12.3. The van der Waals surface area contributed by atoms with E-state index in [2.05, 4.69) is 5.32 Å². The van der Waals surface area contributed by atoms with Gasteiger partial charge in [-0.2, -0.15) is 0 Å². The number of hydrogen-bond acceptors (Lipinski definition) is 2. The molecule has 0 heterocycles. The molecule has 4 heteroatoms. The average molecular weight is 301 g/mol. The van der Waals surface area contributed by atoms with Crippen LogP contribution in [0.15, 0.2) is 42.5 Å². The first-order valence-corrected chi connectivity index (χ1v) is 7.30. The molecule has 1 atom stereocenters. The summed E-state index contributed by atoms with van der Waals surface area (Å²) in [5.41, 5.74) is 2.84. The van der Waals surface area contributed by atoms with Crippen LogP contribution < -0.4 is 10.1 Å². The lowest BCUT2D eigenvalue weighted by Gasteiger charge is -2.18. The SMILES string of the molecule is CCC(Oc1ccc(C)c(C)c1)C(=O)Nc1ccc(F)cc1. The molecule has 116 valence electrons. The van der Waals surface area contributed by atoms with Gasteiger partial charge in [-0.3, -0.25) is 4.79 Å². The summed E-state index contributed by atoms with van der Waals surface area (Å²) in [5.74, 6) is 0.0907. The van der Waals surface area contributed by atoms with Crippen molar-refractivity contribution in [3.63, 3.8) is 0 Å². The molecule has 0 aliphatic rings. The standard InChI is InChI=1S/C18H20FNO2/c1-4-17(22-16-10-5-12(2)13(3)11-16)18(21)20-15-8-6-14(19)7-9-15/h5-11,17H,4H2,1-3H3,(H,20,21). The van der Waals surface area contributed by atoms with Crippen LogP contribution in [0.3, 0.4) is 0 Å². The maximum Gasteiger partial charge on any atom is 0.265 e. The van der Waals surface area contributed by atoms with E-state index in [-0.39, 0.29) is 11.7 Å². The van der Waals surface area contributed by atoms with Crippen molar-refractivity contribution in [2.24, 2.45) is 0 Å². The fraction of sp³-hybridized carbons (Fsp3) is 0.278. The number of ether oxygens (including phenoxy) is 1. The summed E-state index contributed by atoms with van der Waals surface area (Å²) in [6, 6.07) is 11.4. The number of anilines is 1. The van der Waals surface area contributed by atoms with Gasteiger partial charge in [-0.1, -0.05) is 13.0 Å². The van der Waals surface area contributed by atoms with Gasteiger partial charge in [0.1, 0.15) is 11.6 Å². The molecule has 1 N–H and O–H groups in total. The van der Waals surface area contributed by atoms with Crippen molar-refractivity contribution in [3.05, 3.63) is 59.4 Å². The van der Waals surface area contributed by atoms with E-state index in [0.717, 1.165) is 5.56 Å². The molecule has 0 bridgehead atoms. The first kappa shape index (κ1) is 16.0. The van der Waals surface area contributed by atoms with Crippen molar-refractivity contribution in [3.8, 4) is 5.75 Å². The monoisotopic (exact) mass is 301 g/mol. The zero-order valence-corrected chi connectivity index (χ0v) is 13.0. The molecule has 0 radical (unpaired) electrons. The smallest absolute Gasteiger partial charge is 0.265 e. The van der Waals surface area contributed by atoms with Crippen LogP contribution in [0.25, 0.3) is 0 Å². The number of amides is 1. The van der Waals surface area contributed by atoms with Crippen LogP contribution >= 0.6 is 0 Å². The lowest BCUT2D eigenvalue weighted by atomic mass is 10.1. The number of aryl methyl sites for hydroxylation is 2. The van der Waals surface area contributed by atoms with Crippen molar-refractivity contribution in [2.75, 3.05) is 5.32 Å². The first-order chi connectivity index (χ1) is 10.5. The van der Waals surface area contributed by atoms with E-state index in [0.29, 0.717) is 17.9 Å². The summed E-state index contributed by atoms with van der Waals surface area (Å²) >= 11 is 0. The van der Waals surface area contributed by atoms with Gasteiger partial charge in [0.05, 0.1) is 0 Å². The molecule has 2 aromatic rings. The van der Waals surface area contributed by atoms with E-state index in [4.69, 9.17) is 4.74 Å². The Labute approximate surface area is 130 Å². The van der Waals surface area contributed by atoms with Gasteiger partial charge in [-0.25, -0.2) is 4.39 Å². The number of carbonyl (C=O) groups excluding carboxylic acids is 1. The quantitative estimate of drug-likeness (QED) is 0.897. The molecule has 2 rings (SSSR count). The van der Waals surface area contributed by atoms with Gasteiger partial charge < -0.3 is 10.1 Å². The van der Waals surface area contributed by atoms with Gasteiger partial charge in [0.2, 0.25) is 0 Å². The highest BCUT2D eigenvalue weighted by Crippen LogP contribution is 2.19. The molecule has 0 aliphatic heterocycles. The van der Waals surface area contributed by atoms with Crippen LogP contribution in [0, 0.1) is 19.7 Å². The third-order valence-corrected chi connectivity index (χ3v) is 3.53. The molecule has 0 fully saturated rings. The van der Waals surface area contributed by atoms with E-state index >= 15 is 0 Å². The molecular weight excluding hydrogens is 281 g/mol. The van der Waals surface area contributed by atoms with E-state index < -0.39 is 6.10 Å². The summed E-state index contributed by atoms with van der Waals surface area (Å²) in [5, 5.41) is 2.74. The second kappa shape index (κ2) is 7.07. The third-order valence-electron chi connectivity index (χ3n) is 3.53. The van der Waals surface area contributed by atoms with E-state index in [1.807, 2.05) is 39.0 Å². The highest BCUT2D eigenvalue weighted by atomic mass is 19.1. The Kier molecular flexibility index (Phi) is 5.15. The lowest BCUT2D eigenvalue weighted by molar-refractivity contribution is -0.122. The highest BCUT2D eigenvalue weighted by Gasteiger charge is 2.18. The van der Waals surface area contributed by atoms with Gasteiger partial charge in [-0.15, -0.1) is 0 Å². The predicted octanol–water partition coefficient (Wildman–Crippen LogP) is 4.24. The van der Waals surface area contributed by atoms with Crippen LogP contribution in [0.4, 0.5) is 10.1 Å². The molecule has 0 saturated heterocycles. The van der Waals surface area contributed by atoms with Crippen molar-refractivity contribution >= 4 is 11.6 Å². The Morgan fingerprint density at radius 3 is 2.41 bits per heavy atom. The number of rotatable bonds is 5. The number of halogens is 1. The fourth-order valence-electron chi connectivity index (χ4n) is 2.03. The van der Waals surface area contributed by atoms with Crippen LogP contribution in [0.1, 0.15) is 24.5 Å². The second-order valence-corrected chi connectivity index (χ2v) is 5.26. The molecule has 0 saturated carbocycles. The first-order valence-electron chi connectivity index (χ1n) is 7.30. The van der Waals surface area contributed by atoms with Gasteiger partial charge in [-0.05, 0) is 67.8 Å². The molecule has 1 amide bonds. The van der Waals surface area contributed by atoms with Gasteiger partial charge in [0, 0.05) is 5.69 Å². The Morgan fingerprint density at radius 1 is 1.14 bits per heavy atom. The second-order valence-electron chi connectivity index (χ2n) is 5.26. The minimum absolute atomic E-state index is 0.243. The predicted molar refractivity (Wildman–Crippen MR) is 85.7 cm³/mol. The summed E-state index contributed by atoms with van der Waals surface area (Å²) in [6.07, 6.45) is -0.0490. The Balaban J connectivity index is 2.05. The van der Waals surface area contributed by atoms with Gasteiger partial charge in [0.15, 0.2) is 6.10 Å². The molecule has 1 unspecified atom stereocenters. The minimum Gasteiger partial charge on any atom is -0.481 e. The summed E-state index contributed by atoms with van der Waals surface area (Å²) in [6.45, 7) is 5.91. The fourth-order valence-corrected chi connectivity index (χ4v) is 2.03. The number of hydrogen-bond donors (Lipinski definition) is 1. The van der Waals surface area contributed by atoms with E-state index in [1.165, 1.54) is 29.8 Å². The van der Waals surface area contributed by atoms with Crippen molar-refractivity contribution in [1.82, 2.24) is 0 Å². The maximum atomic E-state index is 12.9. The third kappa shape index (κ3) is 4.07. The van der Waals surface area contributed by atoms with Gasteiger partial charge >= 0.3 is 0 Å². The van der Waals surface area contributed by atoms with E-state index in [9.17, 15) is 9.18 Å². The van der Waals surface area contributed by atoms with Crippen LogP contribution in [0.5, 0.6) is 5.75 Å². The zero-order chi connectivity index (χ0) is 16.1. The van der Waals surface area contributed by atoms with Gasteiger partial charge in [0.25, 0.3) is 5.91 Å². The topological polar surface area (TPSA) is 38.3 Å². The Bertz CT molecular complexity index is 653. The minimum atomic E-state index is -0.591. The van der Waals surface area contributed by atoms with Crippen molar-refractivity contribution < 1.29 is 13.9 Å². The van der Waals surface area contributed by atoms with Crippen LogP contribution in [0.2, 0.25) is 0 Å². The average Bonchev–Trinajstić information content (AvgIpc) is 2.50. The van der Waals surface area contributed by atoms with Crippen molar-refractivity contribution in [1.29, 1.82) is 0 Å². The summed E-state index contributed by atoms with van der Waals surface area (Å²) < 4.78 is 18.6. The Hall–Kier alpha value is -2.36. The normalized spacial score (nSPS) is 11.8. The molecule has 0 spiro atoms. The Morgan fingerprint density at radius 2 is 1.82 bits per heavy atom. The van der Waals surface area contributed by atoms with Crippen molar-refractivity contribution in [2.45, 2.75) is 33.3 Å². The van der Waals surface area contributed by atoms with Crippen LogP contribution in [-0.2, 0) is 4.79 Å². The molecule has 2 aromatic carbocycles. The van der Waals surface area contributed by atoms with E-state index in [1.54, 1.807) is 0 Å². The molecule has 3 nitrogen and oxygen atoms in total. The highest BCUT2D eigenvalue weighted by molar-refractivity contribution is 5.94. The zero-order valence-electron chi connectivity index (χ0n) is 13.0.